The van der Waals surface area contributed by atoms with Crippen molar-refractivity contribution in [3.8, 4) is 5.75 Å². The van der Waals surface area contributed by atoms with Crippen LogP contribution in [0.2, 0.25) is 0 Å². The maximum Gasteiger partial charge on any atom is 0.235 e. The Balaban J connectivity index is 1.59. The van der Waals surface area contributed by atoms with Gasteiger partial charge in [0.2, 0.25) is 5.91 Å². The van der Waals surface area contributed by atoms with Crippen molar-refractivity contribution in [2.24, 2.45) is 29.4 Å². The minimum absolute atomic E-state index is 0.0101. The molecule has 6 atom stereocenters. The quantitative estimate of drug-likeness (QED) is 0.422. The SMILES string of the molecule is CN(C)c1cc(CCc2ccc(F)cc2)c(O)c2c1CC1CC3C(N(C)C)C(=O)C(C(N)=O)C(=O)C3(O)C(=O)C1C2=O. The Kier molecular flexibility index (Phi) is 7.31. The number of nitrogens with zero attached hydrogens (tertiary/aromatic N) is 2. The summed E-state index contributed by atoms with van der Waals surface area (Å²) in [5.74, 6) is -11.1. The number of rotatable bonds is 6. The number of fused-ring (bicyclic) bond motifs is 3. The van der Waals surface area contributed by atoms with Gasteiger partial charge in [0.1, 0.15) is 11.6 Å². The van der Waals surface area contributed by atoms with E-state index in [1.54, 1.807) is 46.4 Å². The number of nitrogens with two attached hydrogens (primary N) is 1. The highest BCUT2D eigenvalue weighted by Crippen LogP contribution is 2.52. The molecule has 2 fully saturated rings. The summed E-state index contributed by atoms with van der Waals surface area (Å²) in [6, 6.07) is 6.60. The molecule has 42 heavy (non-hydrogen) atoms. The van der Waals surface area contributed by atoms with Gasteiger partial charge in [-0.2, -0.15) is 0 Å². The molecule has 0 spiro atoms. The van der Waals surface area contributed by atoms with Gasteiger partial charge in [0.05, 0.1) is 17.5 Å². The van der Waals surface area contributed by atoms with Crippen LogP contribution in [-0.2, 0) is 38.4 Å². The predicted molar refractivity (Wildman–Crippen MR) is 149 cm³/mol. The fourth-order valence-corrected chi connectivity index (χ4v) is 7.23. The van der Waals surface area contributed by atoms with Gasteiger partial charge in [0.25, 0.3) is 0 Å². The number of primary amides is 1. The van der Waals surface area contributed by atoms with Crippen molar-refractivity contribution in [2.45, 2.75) is 37.3 Å². The summed E-state index contributed by atoms with van der Waals surface area (Å²) in [5.41, 5.74) is 5.06. The van der Waals surface area contributed by atoms with Crippen molar-refractivity contribution < 1.29 is 38.6 Å². The number of phenolic OH excluding ortho intramolecular Hbond substituents is 1. The molecule has 3 aliphatic carbocycles. The van der Waals surface area contributed by atoms with Crippen LogP contribution in [0.25, 0.3) is 0 Å². The Hall–Kier alpha value is -3.96. The summed E-state index contributed by atoms with van der Waals surface area (Å²) in [6.07, 6.45) is 0.941. The fraction of sp³-hybridized carbons (Fsp3) is 0.452. The van der Waals surface area contributed by atoms with E-state index in [0.717, 1.165) is 5.56 Å². The number of Topliss-reactive ketones (excluding diaryl/α,β-unsaturated/α-hetero) is 4. The zero-order valence-corrected chi connectivity index (χ0v) is 23.9. The molecule has 2 saturated carbocycles. The molecule has 0 saturated heterocycles. The topological polar surface area (TPSA) is 158 Å². The van der Waals surface area contributed by atoms with Gasteiger partial charge < -0.3 is 20.8 Å². The summed E-state index contributed by atoms with van der Waals surface area (Å²) in [6.45, 7) is 0. The van der Waals surface area contributed by atoms with E-state index < -0.39 is 64.4 Å². The number of anilines is 1. The second kappa shape index (κ2) is 10.4. The molecule has 1 amide bonds. The first-order valence-corrected chi connectivity index (χ1v) is 13.8. The van der Waals surface area contributed by atoms with E-state index in [9.17, 15) is 38.6 Å². The molecule has 0 bridgehead atoms. The molecule has 3 aliphatic rings. The lowest BCUT2D eigenvalue weighted by Gasteiger charge is -2.52. The lowest BCUT2D eigenvalue weighted by Crippen LogP contribution is -2.74. The largest absolute Gasteiger partial charge is 0.507 e. The Morgan fingerprint density at radius 3 is 2.26 bits per heavy atom. The summed E-state index contributed by atoms with van der Waals surface area (Å²) in [4.78, 5) is 70.3. The van der Waals surface area contributed by atoms with Crippen LogP contribution in [0.1, 0.15) is 33.5 Å². The zero-order valence-electron chi connectivity index (χ0n) is 23.9. The molecule has 11 heteroatoms. The Morgan fingerprint density at radius 1 is 1.05 bits per heavy atom. The number of phenols is 1. The third-order valence-electron chi connectivity index (χ3n) is 9.19. The lowest BCUT2D eigenvalue weighted by atomic mass is 9.52. The Morgan fingerprint density at radius 2 is 1.69 bits per heavy atom. The van der Waals surface area contributed by atoms with E-state index in [1.807, 2.05) is 4.90 Å². The third kappa shape index (κ3) is 4.33. The van der Waals surface area contributed by atoms with Crippen LogP contribution in [0.5, 0.6) is 5.75 Å². The van der Waals surface area contributed by atoms with Crippen LogP contribution in [-0.4, -0.2) is 84.0 Å². The van der Waals surface area contributed by atoms with Gasteiger partial charge in [-0.15, -0.1) is 0 Å². The Bertz CT molecular complexity index is 1520. The molecular weight excluding hydrogens is 545 g/mol. The highest BCUT2D eigenvalue weighted by molar-refractivity contribution is 6.32. The van der Waals surface area contributed by atoms with Gasteiger partial charge in [-0.05, 0) is 80.6 Å². The maximum atomic E-state index is 14.1. The molecule has 0 aromatic heterocycles. The number of aromatic hydroxyl groups is 1. The molecule has 0 radical (unpaired) electrons. The van der Waals surface area contributed by atoms with Crippen molar-refractivity contribution in [1.29, 1.82) is 0 Å². The number of carbonyl (C=O) groups is 5. The number of halogens is 1. The van der Waals surface area contributed by atoms with Crippen LogP contribution < -0.4 is 10.6 Å². The van der Waals surface area contributed by atoms with E-state index in [1.165, 1.54) is 17.0 Å². The minimum Gasteiger partial charge on any atom is -0.507 e. The molecule has 222 valence electrons. The van der Waals surface area contributed by atoms with Crippen LogP contribution in [0.4, 0.5) is 10.1 Å². The fourth-order valence-electron chi connectivity index (χ4n) is 7.23. The van der Waals surface area contributed by atoms with Gasteiger partial charge in [-0.1, -0.05) is 12.1 Å². The summed E-state index contributed by atoms with van der Waals surface area (Å²) in [7, 11) is 6.68. The molecule has 6 unspecified atom stereocenters. The summed E-state index contributed by atoms with van der Waals surface area (Å²) < 4.78 is 13.4. The third-order valence-corrected chi connectivity index (χ3v) is 9.19. The highest BCUT2D eigenvalue weighted by Gasteiger charge is 2.69. The molecular formula is C31H34FN3O7. The van der Waals surface area contributed by atoms with Crippen LogP contribution in [0.15, 0.2) is 30.3 Å². The van der Waals surface area contributed by atoms with Crippen molar-refractivity contribution in [1.82, 2.24) is 4.90 Å². The number of likely N-dealkylation sites (N-methyl/N-ethyl adjacent to an activating group) is 1. The number of aliphatic hydroxyl groups is 1. The molecule has 0 aliphatic heterocycles. The van der Waals surface area contributed by atoms with Crippen LogP contribution in [0.3, 0.4) is 0 Å². The maximum absolute atomic E-state index is 14.1. The minimum atomic E-state index is -2.77. The average molecular weight is 580 g/mol. The lowest BCUT2D eigenvalue weighted by molar-refractivity contribution is -0.181. The molecule has 10 nitrogen and oxygen atoms in total. The van der Waals surface area contributed by atoms with E-state index in [4.69, 9.17) is 5.73 Å². The number of hydrogen-bond donors (Lipinski definition) is 3. The van der Waals surface area contributed by atoms with E-state index in [0.29, 0.717) is 29.7 Å². The number of aryl methyl sites for hydroxylation is 2. The molecule has 2 aromatic rings. The van der Waals surface area contributed by atoms with Gasteiger partial charge >= 0.3 is 0 Å². The van der Waals surface area contributed by atoms with Crippen molar-refractivity contribution in [3.63, 3.8) is 0 Å². The summed E-state index contributed by atoms with van der Waals surface area (Å²) >= 11 is 0. The van der Waals surface area contributed by atoms with Gasteiger partial charge in [0.15, 0.2) is 34.7 Å². The average Bonchev–Trinajstić information content (AvgIpc) is 2.90. The van der Waals surface area contributed by atoms with E-state index >= 15 is 0 Å². The molecule has 2 aromatic carbocycles. The van der Waals surface area contributed by atoms with Crippen molar-refractivity contribution in [2.75, 3.05) is 33.1 Å². The first-order valence-electron chi connectivity index (χ1n) is 13.8. The highest BCUT2D eigenvalue weighted by atomic mass is 19.1. The number of hydrogen-bond acceptors (Lipinski definition) is 9. The summed E-state index contributed by atoms with van der Waals surface area (Å²) in [5, 5.41) is 23.1. The second-order valence-electron chi connectivity index (χ2n) is 12.1. The predicted octanol–water partition coefficient (Wildman–Crippen LogP) is 0.857. The second-order valence-corrected chi connectivity index (χ2v) is 12.1. The number of carbonyl (C=O) groups excluding carboxylic acids is 5. The normalized spacial score (nSPS) is 28.8. The first kappa shape index (κ1) is 29.5. The van der Waals surface area contributed by atoms with E-state index in [2.05, 4.69) is 0 Å². The van der Waals surface area contributed by atoms with Gasteiger partial charge in [-0.3, -0.25) is 28.9 Å². The van der Waals surface area contributed by atoms with Gasteiger partial charge in [0, 0.05) is 25.7 Å². The van der Waals surface area contributed by atoms with Crippen LogP contribution >= 0.6 is 0 Å². The number of amides is 1. The van der Waals surface area contributed by atoms with Crippen molar-refractivity contribution in [3.05, 3.63) is 58.4 Å². The molecule has 0 heterocycles. The molecule has 5 rings (SSSR count). The monoisotopic (exact) mass is 579 g/mol. The number of ketones is 4. The van der Waals surface area contributed by atoms with Crippen molar-refractivity contribution >= 4 is 34.7 Å². The first-order chi connectivity index (χ1) is 19.7. The van der Waals surface area contributed by atoms with Gasteiger partial charge in [-0.25, -0.2) is 4.39 Å². The molecule has 4 N–H and O–H groups in total. The van der Waals surface area contributed by atoms with E-state index in [-0.39, 0.29) is 30.0 Å². The zero-order chi connectivity index (χ0) is 30.8. The number of benzene rings is 2. The standard InChI is InChI=1S/C31H34FN3O7/c1-34(2)20-13-15(8-5-14-6-9-17(32)10-7-14)25(36)22-18(20)11-16-12-19-24(35(3)4)27(38)23(30(33)41)29(40)31(19,42)28(39)21(16)26(22)37/h6-7,9-10,13,16,19,21,23-24,36,42H,5,8,11-12H2,1-4H3,(H2,33,41). The van der Waals surface area contributed by atoms with Crippen LogP contribution in [0, 0.1) is 29.5 Å². The smallest absolute Gasteiger partial charge is 0.235 e. The Labute approximate surface area is 242 Å².